The summed E-state index contributed by atoms with van der Waals surface area (Å²) in [5, 5.41) is 9.75. The zero-order valence-corrected chi connectivity index (χ0v) is 9.93. The Morgan fingerprint density at radius 3 is 2.47 bits per heavy atom. The minimum absolute atomic E-state index is 0.170. The molecule has 2 rings (SSSR count). The highest BCUT2D eigenvalue weighted by molar-refractivity contribution is 7.92. The van der Waals surface area contributed by atoms with E-state index in [2.05, 4.69) is 0 Å². The van der Waals surface area contributed by atoms with Crippen molar-refractivity contribution in [2.45, 2.75) is 62.2 Å². The third kappa shape index (κ3) is 2.53. The van der Waals surface area contributed by atoms with E-state index in [0.717, 1.165) is 38.5 Å². The fraction of sp³-hybridized carbons (Fsp3) is 1.00. The first-order valence-electron chi connectivity index (χ1n) is 5.96. The van der Waals surface area contributed by atoms with Crippen LogP contribution in [-0.4, -0.2) is 30.1 Å². The van der Waals surface area contributed by atoms with Gasteiger partial charge in [0, 0.05) is 0 Å². The Morgan fingerprint density at radius 1 is 1.20 bits per heavy atom. The molecule has 0 spiro atoms. The molecule has 15 heavy (non-hydrogen) atoms. The Kier molecular flexibility index (Phi) is 3.08. The summed E-state index contributed by atoms with van der Waals surface area (Å²) in [4.78, 5) is 0. The Balaban J connectivity index is 1.87. The lowest BCUT2D eigenvalue weighted by atomic mass is 9.76. The van der Waals surface area contributed by atoms with Crippen molar-refractivity contribution in [3.63, 3.8) is 0 Å². The van der Waals surface area contributed by atoms with E-state index in [1.54, 1.807) is 0 Å². The minimum Gasteiger partial charge on any atom is -0.390 e. The van der Waals surface area contributed by atoms with E-state index < -0.39 is 15.4 Å². The third-order valence-corrected chi connectivity index (χ3v) is 6.27. The smallest absolute Gasteiger partial charge is 0.153 e. The van der Waals surface area contributed by atoms with Gasteiger partial charge in [0.1, 0.15) is 0 Å². The molecule has 1 atom stereocenters. The molecule has 1 saturated carbocycles. The molecule has 1 aliphatic heterocycles. The molecule has 0 aromatic carbocycles. The molecule has 1 heterocycles. The maximum atomic E-state index is 11.7. The van der Waals surface area contributed by atoms with E-state index in [0.29, 0.717) is 18.6 Å². The summed E-state index contributed by atoms with van der Waals surface area (Å²) in [5.41, 5.74) is -0.521. The van der Waals surface area contributed by atoms with Crippen molar-refractivity contribution in [2.24, 2.45) is 0 Å². The molecule has 0 bridgehead atoms. The zero-order valence-electron chi connectivity index (χ0n) is 9.11. The fourth-order valence-electron chi connectivity index (χ4n) is 2.61. The van der Waals surface area contributed by atoms with Gasteiger partial charge in [0.15, 0.2) is 9.84 Å². The van der Waals surface area contributed by atoms with Crippen LogP contribution in [0.15, 0.2) is 0 Å². The maximum absolute atomic E-state index is 11.7. The number of aliphatic hydroxyl groups is 1. The van der Waals surface area contributed by atoms with Crippen LogP contribution in [0.25, 0.3) is 0 Å². The molecule has 0 amide bonds. The highest BCUT2D eigenvalue weighted by Crippen LogP contribution is 2.37. The fourth-order valence-corrected chi connectivity index (χ4v) is 4.55. The first kappa shape index (κ1) is 11.4. The predicted molar refractivity (Wildman–Crippen MR) is 59.5 cm³/mol. The number of sulfone groups is 1. The third-order valence-electron chi connectivity index (χ3n) is 3.93. The first-order valence-corrected chi connectivity index (χ1v) is 7.67. The van der Waals surface area contributed by atoms with Crippen molar-refractivity contribution in [3.8, 4) is 0 Å². The molecular formula is C11H20O3S. The summed E-state index contributed by atoms with van der Waals surface area (Å²) in [5.74, 6) is 0.357. The second-order valence-electron chi connectivity index (χ2n) is 5.10. The normalized spacial score (nSPS) is 33.3. The lowest BCUT2D eigenvalue weighted by Gasteiger charge is -2.38. The number of hydrogen-bond acceptors (Lipinski definition) is 3. The van der Waals surface area contributed by atoms with Gasteiger partial charge in [-0.15, -0.1) is 0 Å². The van der Waals surface area contributed by atoms with Crippen LogP contribution in [0.2, 0.25) is 0 Å². The Labute approximate surface area is 91.8 Å². The van der Waals surface area contributed by atoms with Crippen LogP contribution in [0.4, 0.5) is 0 Å². The molecule has 2 fully saturated rings. The van der Waals surface area contributed by atoms with Gasteiger partial charge in [0.05, 0.1) is 16.6 Å². The topological polar surface area (TPSA) is 54.4 Å². The summed E-state index contributed by atoms with van der Waals surface area (Å²) in [6.45, 7) is 0. The molecule has 0 aromatic rings. The monoisotopic (exact) mass is 232 g/mol. The largest absolute Gasteiger partial charge is 0.390 e. The van der Waals surface area contributed by atoms with Gasteiger partial charge in [-0.3, -0.25) is 0 Å². The summed E-state index contributed by atoms with van der Waals surface area (Å²) < 4.78 is 23.4. The van der Waals surface area contributed by atoms with Gasteiger partial charge < -0.3 is 5.11 Å². The van der Waals surface area contributed by atoms with Crippen LogP contribution in [0.5, 0.6) is 0 Å². The van der Waals surface area contributed by atoms with Crippen LogP contribution in [0, 0.1) is 0 Å². The van der Waals surface area contributed by atoms with Crippen LogP contribution < -0.4 is 0 Å². The summed E-state index contributed by atoms with van der Waals surface area (Å²) >= 11 is 0. The van der Waals surface area contributed by atoms with Crippen LogP contribution in [0.1, 0.15) is 51.4 Å². The van der Waals surface area contributed by atoms with Crippen molar-refractivity contribution in [2.75, 3.05) is 5.75 Å². The van der Waals surface area contributed by atoms with E-state index in [9.17, 15) is 13.5 Å². The van der Waals surface area contributed by atoms with Crippen molar-refractivity contribution < 1.29 is 13.5 Å². The second kappa shape index (κ2) is 4.06. The van der Waals surface area contributed by atoms with Crippen molar-refractivity contribution in [1.29, 1.82) is 0 Å². The molecule has 0 radical (unpaired) electrons. The molecule has 1 unspecified atom stereocenters. The highest BCUT2D eigenvalue weighted by Gasteiger charge is 2.37. The van der Waals surface area contributed by atoms with Crippen LogP contribution >= 0.6 is 0 Å². The molecule has 4 heteroatoms. The average molecular weight is 232 g/mol. The first-order chi connectivity index (χ1) is 7.02. The average Bonchev–Trinajstić information content (AvgIpc) is 2.13. The quantitative estimate of drug-likeness (QED) is 0.805. The molecule has 1 aliphatic carbocycles. The Morgan fingerprint density at radius 2 is 1.93 bits per heavy atom. The van der Waals surface area contributed by atoms with Crippen molar-refractivity contribution >= 4 is 9.84 Å². The van der Waals surface area contributed by atoms with Gasteiger partial charge in [-0.2, -0.15) is 0 Å². The predicted octanol–water partition coefficient (Wildman–Crippen LogP) is 1.65. The molecule has 1 saturated heterocycles. The SMILES string of the molecule is O=S1(=O)CCCCC1CCC1(O)CCC1. The van der Waals surface area contributed by atoms with Gasteiger partial charge in [-0.25, -0.2) is 8.42 Å². The standard InChI is InChI=1S/C11H20O3S/c12-11(6-3-7-11)8-5-10-4-1-2-9-15(10,13)14/h10,12H,1-9H2. The summed E-state index contributed by atoms with van der Waals surface area (Å²) in [6.07, 6.45) is 6.81. The van der Waals surface area contributed by atoms with Crippen LogP contribution in [-0.2, 0) is 9.84 Å². The van der Waals surface area contributed by atoms with E-state index >= 15 is 0 Å². The van der Waals surface area contributed by atoms with Gasteiger partial charge >= 0.3 is 0 Å². The molecule has 2 aliphatic rings. The molecular weight excluding hydrogens is 212 g/mol. The van der Waals surface area contributed by atoms with E-state index in [1.807, 2.05) is 0 Å². The van der Waals surface area contributed by atoms with E-state index in [4.69, 9.17) is 0 Å². The lowest BCUT2D eigenvalue weighted by molar-refractivity contribution is -0.0418. The van der Waals surface area contributed by atoms with Gasteiger partial charge in [0.25, 0.3) is 0 Å². The van der Waals surface area contributed by atoms with E-state index in [1.165, 1.54) is 0 Å². The summed E-state index contributed by atoms with van der Waals surface area (Å²) in [7, 11) is -2.84. The molecule has 88 valence electrons. The van der Waals surface area contributed by atoms with Crippen molar-refractivity contribution in [3.05, 3.63) is 0 Å². The molecule has 3 nitrogen and oxygen atoms in total. The highest BCUT2D eigenvalue weighted by atomic mass is 32.2. The minimum atomic E-state index is -2.84. The Bertz CT molecular complexity index is 317. The molecule has 1 N–H and O–H groups in total. The number of rotatable bonds is 3. The molecule has 0 aromatic heterocycles. The number of hydrogen-bond donors (Lipinski definition) is 1. The second-order valence-corrected chi connectivity index (χ2v) is 7.50. The maximum Gasteiger partial charge on any atom is 0.153 e. The Hall–Kier alpha value is -0.0900. The summed E-state index contributed by atoms with van der Waals surface area (Å²) in [6, 6.07) is 0. The van der Waals surface area contributed by atoms with Gasteiger partial charge in [-0.1, -0.05) is 6.42 Å². The van der Waals surface area contributed by atoms with Gasteiger partial charge in [0.2, 0.25) is 0 Å². The lowest BCUT2D eigenvalue weighted by Crippen LogP contribution is -2.39. The zero-order chi connectivity index (χ0) is 10.9. The van der Waals surface area contributed by atoms with E-state index in [-0.39, 0.29) is 5.25 Å². The van der Waals surface area contributed by atoms with Crippen molar-refractivity contribution in [1.82, 2.24) is 0 Å². The van der Waals surface area contributed by atoms with Gasteiger partial charge in [-0.05, 0) is 44.9 Å². The van der Waals surface area contributed by atoms with Crippen LogP contribution in [0.3, 0.4) is 0 Å².